The van der Waals surface area contributed by atoms with Crippen LogP contribution >= 0.6 is 0 Å². The SMILES string of the molecule is CCOC(=O)N1CCC(NC(=O)CC(=O)Nc2ccccc2)CC1. The van der Waals surface area contributed by atoms with Crippen LogP contribution in [0.15, 0.2) is 30.3 Å². The van der Waals surface area contributed by atoms with E-state index < -0.39 is 0 Å². The van der Waals surface area contributed by atoms with Gasteiger partial charge >= 0.3 is 6.09 Å². The molecular formula is C17H23N3O4. The number of para-hydroxylation sites is 1. The Morgan fingerprint density at radius 3 is 2.42 bits per heavy atom. The number of nitrogens with zero attached hydrogens (tertiary/aromatic N) is 1. The summed E-state index contributed by atoms with van der Waals surface area (Å²) in [6, 6.07) is 8.99. The predicted molar refractivity (Wildman–Crippen MR) is 89.4 cm³/mol. The smallest absolute Gasteiger partial charge is 0.409 e. The number of anilines is 1. The summed E-state index contributed by atoms with van der Waals surface area (Å²) in [7, 11) is 0. The van der Waals surface area contributed by atoms with Crippen molar-refractivity contribution in [3.8, 4) is 0 Å². The van der Waals surface area contributed by atoms with Gasteiger partial charge < -0.3 is 20.3 Å². The van der Waals surface area contributed by atoms with E-state index >= 15 is 0 Å². The normalized spacial score (nSPS) is 14.8. The average Bonchev–Trinajstić information content (AvgIpc) is 2.56. The Bertz CT molecular complexity index is 568. The zero-order valence-electron chi connectivity index (χ0n) is 13.8. The first-order chi connectivity index (χ1) is 11.6. The average molecular weight is 333 g/mol. The van der Waals surface area contributed by atoms with E-state index in [2.05, 4.69) is 10.6 Å². The molecule has 1 saturated heterocycles. The maximum absolute atomic E-state index is 12.0. The monoisotopic (exact) mass is 333 g/mol. The van der Waals surface area contributed by atoms with E-state index in [4.69, 9.17) is 4.74 Å². The van der Waals surface area contributed by atoms with Gasteiger partial charge in [0.25, 0.3) is 0 Å². The van der Waals surface area contributed by atoms with E-state index in [0.717, 1.165) is 0 Å². The summed E-state index contributed by atoms with van der Waals surface area (Å²) >= 11 is 0. The number of nitrogens with one attached hydrogen (secondary N) is 2. The number of ether oxygens (including phenoxy) is 1. The minimum absolute atomic E-state index is 0.0206. The van der Waals surface area contributed by atoms with E-state index in [-0.39, 0.29) is 30.4 Å². The quantitative estimate of drug-likeness (QED) is 0.804. The van der Waals surface area contributed by atoms with Crippen molar-refractivity contribution in [2.75, 3.05) is 25.0 Å². The van der Waals surface area contributed by atoms with Gasteiger partial charge in [-0.25, -0.2) is 4.79 Å². The highest BCUT2D eigenvalue weighted by molar-refractivity contribution is 6.03. The van der Waals surface area contributed by atoms with E-state index in [1.165, 1.54) is 0 Å². The molecule has 2 rings (SSSR count). The molecule has 0 aromatic heterocycles. The molecule has 0 spiro atoms. The predicted octanol–water partition coefficient (Wildman–Crippen LogP) is 1.75. The third-order valence-corrected chi connectivity index (χ3v) is 3.76. The van der Waals surface area contributed by atoms with Crippen LogP contribution in [0.3, 0.4) is 0 Å². The lowest BCUT2D eigenvalue weighted by atomic mass is 10.1. The molecule has 0 bridgehead atoms. The lowest BCUT2D eigenvalue weighted by Crippen LogP contribution is -2.47. The Balaban J connectivity index is 1.70. The summed E-state index contributed by atoms with van der Waals surface area (Å²) in [6.45, 7) is 3.21. The Hall–Kier alpha value is -2.57. The molecule has 1 aliphatic rings. The third kappa shape index (κ3) is 5.57. The molecule has 0 radical (unpaired) electrons. The standard InChI is InChI=1S/C17H23N3O4/c1-2-24-17(23)20-10-8-14(9-11-20)19-16(22)12-15(21)18-13-6-4-3-5-7-13/h3-7,14H,2,8-12H2,1H3,(H,18,21)(H,19,22). The molecular weight excluding hydrogens is 310 g/mol. The second-order valence-corrected chi connectivity index (χ2v) is 5.62. The fraction of sp³-hybridized carbons (Fsp3) is 0.471. The van der Waals surface area contributed by atoms with Crippen LogP contribution in [0.4, 0.5) is 10.5 Å². The number of carbonyl (C=O) groups excluding carboxylic acids is 3. The minimum Gasteiger partial charge on any atom is -0.450 e. The van der Waals surface area contributed by atoms with E-state index in [9.17, 15) is 14.4 Å². The number of carbonyl (C=O) groups is 3. The van der Waals surface area contributed by atoms with E-state index in [0.29, 0.717) is 38.2 Å². The lowest BCUT2D eigenvalue weighted by molar-refractivity contribution is -0.127. The molecule has 1 heterocycles. The van der Waals surface area contributed by atoms with Gasteiger partial charge in [0.1, 0.15) is 6.42 Å². The number of piperidine rings is 1. The summed E-state index contributed by atoms with van der Waals surface area (Å²) in [5.74, 6) is -0.652. The van der Waals surface area contributed by atoms with Crippen molar-refractivity contribution in [3.63, 3.8) is 0 Å². The van der Waals surface area contributed by atoms with Crippen molar-refractivity contribution in [2.24, 2.45) is 0 Å². The maximum atomic E-state index is 12.0. The van der Waals surface area contributed by atoms with Crippen molar-refractivity contribution >= 4 is 23.6 Å². The summed E-state index contributed by atoms with van der Waals surface area (Å²) in [6.07, 6.45) is 0.785. The molecule has 1 aliphatic heterocycles. The fourth-order valence-electron chi connectivity index (χ4n) is 2.57. The largest absolute Gasteiger partial charge is 0.450 e. The highest BCUT2D eigenvalue weighted by atomic mass is 16.6. The van der Waals surface area contributed by atoms with Gasteiger partial charge in [-0.3, -0.25) is 9.59 Å². The number of likely N-dealkylation sites (tertiary alicyclic amines) is 1. The number of hydrogen-bond acceptors (Lipinski definition) is 4. The van der Waals surface area contributed by atoms with E-state index in [1.54, 1.807) is 24.0 Å². The van der Waals surface area contributed by atoms with Crippen molar-refractivity contribution in [1.29, 1.82) is 0 Å². The Morgan fingerprint density at radius 1 is 1.12 bits per heavy atom. The Labute approximate surface area is 141 Å². The van der Waals surface area contributed by atoms with Crippen molar-refractivity contribution < 1.29 is 19.1 Å². The molecule has 0 atom stereocenters. The van der Waals surface area contributed by atoms with Gasteiger partial charge in [0.2, 0.25) is 11.8 Å². The highest BCUT2D eigenvalue weighted by Crippen LogP contribution is 2.12. The summed E-state index contributed by atoms with van der Waals surface area (Å²) < 4.78 is 4.95. The summed E-state index contributed by atoms with van der Waals surface area (Å²) in [5.41, 5.74) is 0.665. The summed E-state index contributed by atoms with van der Waals surface area (Å²) in [4.78, 5) is 37.0. The first-order valence-electron chi connectivity index (χ1n) is 8.14. The molecule has 3 amide bonds. The first-order valence-corrected chi connectivity index (χ1v) is 8.14. The van der Waals surface area contributed by atoms with Crippen molar-refractivity contribution in [1.82, 2.24) is 10.2 Å². The maximum Gasteiger partial charge on any atom is 0.409 e. The van der Waals surface area contributed by atoms with Crippen LogP contribution < -0.4 is 10.6 Å². The fourth-order valence-corrected chi connectivity index (χ4v) is 2.57. The van der Waals surface area contributed by atoms with Crippen molar-refractivity contribution in [2.45, 2.75) is 32.2 Å². The molecule has 1 aromatic carbocycles. The summed E-state index contributed by atoms with van der Waals surface area (Å²) in [5, 5.41) is 5.53. The topological polar surface area (TPSA) is 87.7 Å². The lowest BCUT2D eigenvalue weighted by Gasteiger charge is -2.31. The number of benzene rings is 1. The Morgan fingerprint density at radius 2 is 1.79 bits per heavy atom. The van der Waals surface area contributed by atoms with Gasteiger partial charge in [-0.05, 0) is 31.9 Å². The van der Waals surface area contributed by atoms with Crippen LogP contribution in [-0.4, -0.2) is 48.5 Å². The van der Waals surface area contributed by atoms with Gasteiger partial charge in [0.05, 0.1) is 6.61 Å². The van der Waals surface area contributed by atoms with Gasteiger partial charge in [-0.15, -0.1) is 0 Å². The number of rotatable bonds is 5. The van der Waals surface area contributed by atoms with Gasteiger partial charge in [0, 0.05) is 24.8 Å². The molecule has 7 nitrogen and oxygen atoms in total. The Kier molecular flexibility index (Phi) is 6.60. The highest BCUT2D eigenvalue weighted by Gasteiger charge is 2.24. The van der Waals surface area contributed by atoms with Gasteiger partial charge in [-0.2, -0.15) is 0 Å². The van der Waals surface area contributed by atoms with Crippen LogP contribution in [0, 0.1) is 0 Å². The molecule has 0 unspecified atom stereocenters. The first kappa shape index (κ1) is 17.8. The molecule has 0 aliphatic carbocycles. The molecule has 0 saturated carbocycles. The zero-order valence-corrected chi connectivity index (χ0v) is 13.8. The van der Waals surface area contributed by atoms with Crippen molar-refractivity contribution in [3.05, 3.63) is 30.3 Å². The number of amides is 3. The second kappa shape index (κ2) is 8.90. The van der Waals surface area contributed by atoms with Gasteiger partial charge in [-0.1, -0.05) is 18.2 Å². The molecule has 130 valence electrons. The van der Waals surface area contributed by atoms with Crippen LogP contribution in [-0.2, 0) is 14.3 Å². The third-order valence-electron chi connectivity index (χ3n) is 3.76. The molecule has 1 aromatic rings. The van der Waals surface area contributed by atoms with E-state index in [1.807, 2.05) is 18.2 Å². The van der Waals surface area contributed by atoms with Crippen LogP contribution in [0.1, 0.15) is 26.2 Å². The van der Waals surface area contributed by atoms with Gasteiger partial charge in [0.15, 0.2) is 0 Å². The molecule has 2 N–H and O–H groups in total. The molecule has 7 heteroatoms. The minimum atomic E-state index is -0.345. The second-order valence-electron chi connectivity index (χ2n) is 5.62. The van der Waals surface area contributed by atoms with Crippen LogP contribution in [0.25, 0.3) is 0 Å². The molecule has 24 heavy (non-hydrogen) atoms. The molecule has 1 fully saturated rings. The number of hydrogen-bond donors (Lipinski definition) is 2. The zero-order chi connectivity index (χ0) is 17.4. The van der Waals surface area contributed by atoms with Crippen LogP contribution in [0.2, 0.25) is 0 Å². The van der Waals surface area contributed by atoms with Crippen LogP contribution in [0.5, 0.6) is 0 Å².